The molecule has 0 heterocycles. The van der Waals surface area contributed by atoms with Crippen molar-refractivity contribution in [2.45, 2.75) is 31.2 Å². The molecule has 2 rings (SSSR count). The van der Waals surface area contributed by atoms with Crippen LogP contribution in [0.25, 0.3) is 0 Å². The molecular weight excluding hydrogens is 390 g/mol. The summed E-state index contributed by atoms with van der Waals surface area (Å²) < 4.78 is 4.99. The molecule has 0 atom stereocenters. The van der Waals surface area contributed by atoms with Crippen molar-refractivity contribution in [2.24, 2.45) is 0 Å². The van der Waals surface area contributed by atoms with Crippen molar-refractivity contribution in [1.82, 2.24) is 5.32 Å². The lowest BCUT2D eigenvalue weighted by Gasteiger charge is -2.06. The maximum absolute atomic E-state index is 12.1. The van der Waals surface area contributed by atoms with E-state index in [1.54, 1.807) is 48.2 Å². The molecule has 0 bridgehead atoms. The van der Waals surface area contributed by atoms with Gasteiger partial charge in [0, 0.05) is 35.9 Å². The molecule has 0 saturated carbocycles. The van der Waals surface area contributed by atoms with Gasteiger partial charge in [0.1, 0.15) is 0 Å². The first-order chi connectivity index (χ1) is 13.9. The summed E-state index contributed by atoms with van der Waals surface area (Å²) in [5, 5.41) is 2.67. The van der Waals surface area contributed by atoms with Gasteiger partial charge in [0.25, 0.3) is 0 Å². The number of carbonyl (C=O) groups excluding carboxylic acids is 4. The lowest BCUT2D eigenvalue weighted by atomic mass is 10.1. The van der Waals surface area contributed by atoms with Crippen LogP contribution in [0.2, 0.25) is 0 Å². The van der Waals surface area contributed by atoms with Crippen LogP contribution in [0.4, 0.5) is 0 Å². The number of hydrogen-bond acceptors (Lipinski definition) is 6. The third-order valence-corrected chi connectivity index (χ3v) is 4.89. The Labute approximate surface area is 174 Å². The molecule has 0 aliphatic rings. The Morgan fingerprint density at radius 2 is 1.45 bits per heavy atom. The second kappa shape index (κ2) is 11.2. The zero-order chi connectivity index (χ0) is 21.2. The largest absolute Gasteiger partial charge is 0.457 e. The van der Waals surface area contributed by atoms with Crippen molar-refractivity contribution in [3.05, 3.63) is 65.2 Å². The van der Waals surface area contributed by atoms with E-state index >= 15 is 0 Å². The standard InChI is InChI=1S/C22H23NO5S/c1-15(24)23-13-16-3-5-18(6-4-16)21(26)14-28-22(27)12-11-20(25)17-7-9-19(29-2)10-8-17/h3-10H,11-14H2,1-2H3,(H,23,24). The van der Waals surface area contributed by atoms with Crippen LogP contribution in [0.5, 0.6) is 0 Å². The number of Topliss-reactive ketones (excluding diaryl/α,β-unsaturated/α-hetero) is 2. The Morgan fingerprint density at radius 1 is 0.862 bits per heavy atom. The molecule has 2 aromatic carbocycles. The highest BCUT2D eigenvalue weighted by molar-refractivity contribution is 7.98. The van der Waals surface area contributed by atoms with Gasteiger partial charge in [-0.05, 0) is 24.0 Å². The number of carbonyl (C=O) groups is 4. The monoisotopic (exact) mass is 413 g/mol. The van der Waals surface area contributed by atoms with Crippen molar-refractivity contribution in [3.63, 3.8) is 0 Å². The van der Waals surface area contributed by atoms with Crippen LogP contribution in [-0.4, -0.2) is 36.3 Å². The Kier molecular flexibility index (Phi) is 8.61. The van der Waals surface area contributed by atoms with E-state index in [-0.39, 0.29) is 36.9 Å². The molecule has 0 radical (unpaired) electrons. The Morgan fingerprint density at radius 3 is 2.03 bits per heavy atom. The zero-order valence-electron chi connectivity index (χ0n) is 16.4. The third kappa shape index (κ3) is 7.54. The second-order valence-electron chi connectivity index (χ2n) is 6.34. The van der Waals surface area contributed by atoms with Crippen LogP contribution < -0.4 is 5.32 Å². The molecule has 0 saturated heterocycles. The lowest BCUT2D eigenvalue weighted by Crippen LogP contribution is -2.19. The SMILES string of the molecule is CSc1ccc(C(=O)CCC(=O)OCC(=O)c2ccc(CNC(C)=O)cc2)cc1. The van der Waals surface area contributed by atoms with Crippen LogP contribution in [0.3, 0.4) is 0 Å². The predicted octanol–water partition coefficient (Wildman–Crippen LogP) is 3.43. The molecule has 1 amide bonds. The molecule has 0 aromatic heterocycles. The maximum Gasteiger partial charge on any atom is 0.306 e. The topological polar surface area (TPSA) is 89.5 Å². The normalized spacial score (nSPS) is 10.3. The van der Waals surface area contributed by atoms with Gasteiger partial charge in [-0.1, -0.05) is 36.4 Å². The molecule has 6 nitrogen and oxygen atoms in total. The highest BCUT2D eigenvalue weighted by Gasteiger charge is 2.13. The first kappa shape index (κ1) is 22.4. The van der Waals surface area contributed by atoms with Crippen LogP contribution in [0.1, 0.15) is 46.0 Å². The Hall–Kier alpha value is -2.93. The lowest BCUT2D eigenvalue weighted by molar-refractivity contribution is -0.142. The minimum atomic E-state index is -0.588. The van der Waals surface area contributed by atoms with Gasteiger partial charge in [0.15, 0.2) is 18.2 Å². The van der Waals surface area contributed by atoms with E-state index in [0.717, 1.165) is 10.5 Å². The molecule has 0 aliphatic heterocycles. The minimum absolute atomic E-state index is 0.0312. The van der Waals surface area contributed by atoms with Crippen molar-refractivity contribution in [2.75, 3.05) is 12.9 Å². The molecular formula is C22H23NO5S. The number of esters is 1. The van der Waals surface area contributed by atoms with Gasteiger partial charge in [-0.15, -0.1) is 11.8 Å². The first-order valence-electron chi connectivity index (χ1n) is 9.08. The molecule has 7 heteroatoms. The zero-order valence-corrected chi connectivity index (χ0v) is 17.2. The summed E-state index contributed by atoms with van der Waals surface area (Å²) in [6.07, 6.45) is 1.91. The average molecular weight is 413 g/mol. The van der Waals surface area contributed by atoms with Crippen molar-refractivity contribution >= 4 is 35.2 Å². The quantitative estimate of drug-likeness (QED) is 0.365. The fourth-order valence-electron chi connectivity index (χ4n) is 2.47. The van der Waals surface area contributed by atoms with E-state index < -0.39 is 5.97 Å². The number of ketones is 2. The van der Waals surface area contributed by atoms with Crippen molar-refractivity contribution < 1.29 is 23.9 Å². The smallest absolute Gasteiger partial charge is 0.306 e. The first-order valence-corrected chi connectivity index (χ1v) is 10.3. The number of ether oxygens (including phenoxy) is 1. The summed E-state index contributed by atoms with van der Waals surface area (Å²) >= 11 is 1.59. The number of hydrogen-bond donors (Lipinski definition) is 1. The molecule has 2 aromatic rings. The van der Waals surface area contributed by atoms with Crippen LogP contribution in [0.15, 0.2) is 53.4 Å². The summed E-state index contributed by atoms with van der Waals surface area (Å²) in [6.45, 7) is 1.44. The second-order valence-corrected chi connectivity index (χ2v) is 7.22. The van der Waals surface area contributed by atoms with Gasteiger partial charge in [0.05, 0.1) is 6.42 Å². The van der Waals surface area contributed by atoms with E-state index in [1.165, 1.54) is 6.92 Å². The van der Waals surface area contributed by atoms with Crippen molar-refractivity contribution in [3.8, 4) is 0 Å². The highest BCUT2D eigenvalue weighted by Crippen LogP contribution is 2.16. The Bertz CT molecular complexity index is 875. The van der Waals surface area contributed by atoms with E-state index in [1.807, 2.05) is 18.4 Å². The van der Waals surface area contributed by atoms with Gasteiger partial charge in [-0.2, -0.15) is 0 Å². The molecule has 0 spiro atoms. The predicted molar refractivity (Wildman–Crippen MR) is 111 cm³/mol. The molecule has 0 aliphatic carbocycles. The molecule has 0 unspecified atom stereocenters. The highest BCUT2D eigenvalue weighted by atomic mass is 32.2. The van der Waals surface area contributed by atoms with Crippen molar-refractivity contribution in [1.29, 1.82) is 0 Å². The molecule has 29 heavy (non-hydrogen) atoms. The minimum Gasteiger partial charge on any atom is -0.457 e. The summed E-state index contributed by atoms with van der Waals surface area (Å²) in [6, 6.07) is 13.9. The van der Waals surface area contributed by atoms with E-state index in [2.05, 4.69) is 5.32 Å². The summed E-state index contributed by atoms with van der Waals surface area (Å²) in [4.78, 5) is 48.1. The summed E-state index contributed by atoms with van der Waals surface area (Å²) in [5.41, 5.74) is 1.82. The van der Waals surface area contributed by atoms with Gasteiger partial charge in [-0.25, -0.2) is 0 Å². The number of benzene rings is 2. The molecule has 152 valence electrons. The van der Waals surface area contributed by atoms with E-state index in [4.69, 9.17) is 4.74 Å². The fraction of sp³-hybridized carbons (Fsp3) is 0.273. The van der Waals surface area contributed by atoms with Crippen LogP contribution in [-0.2, 0) is 20.9 Å². The number of rotatable bonds is 10. The number of amides is 1. The van der Waals surface area contributed by atoms with Gasteiger partial charge in [0.2, 0.25) is 5.91 Å². The fourth-order valence-corrected chi connectivity index (χ4v) is 2.88. The van der Waals surface area contributed by atoms with Crippen LogP contribution in [0, 0.1) is 0 Å². The summed E-state index contributed by atoms with van der Waals surface area (Å²) in [7, 11) is 0. The third-order valence-electron chi connectivity index (χ3n) is 4.15. The van der Waals surface area contributed by atoms with E-state index in [9.17, 15) is 19.2 Å². The Balaban J connectivity index is 1.75. The van der Waals surface area contributed by atoms with Gasteiger partial charge in [-0.3, -0.25) is 19.2 Å². The maximum atomic E-state index is 12.1. The molecule has 0 fully saturated rings. The number of nitrogens with one attached hydrogen (secondary N) is 1. The number of thioether (sulfide) groups is 1. The van der Waals surface area contributed by atoms with Crippen LogP contribution >= 0.6 is 11.8 Å². The molecule has 1 N–H and O–H groups in total. The van der Waals surface area contributed by atoms with E-state index in [0.29, 0.717) is 17.7 Å². The summed E-state index contributed by atoms with van der Waals surface area (Å²) in [5.74, 6) is -1.19. The van der Waals surface area contributed by atoms with Gasteiger partial charge >= 0.3 is 5.97 Å². The van der Waals surface area contributed by atoms with Gasteiger partial charge < -0.3 is 10.1 Å². The average Bonchev–Trinajstić information content (AvgIpc) is 2.74.